The Morgan fingerprint density at radius 2 is 1.46 bits per heavy atom. The molecule has 0 radical (unpaired) electrons. The van der Waals surface area contributed by atoms with Crippen LogP contribution in [-0.2, 0) is 19.1 Å². The highest BCUT2D eigenvalue weighted by atomic mass is 79.9. The normalized spacial score (nSPS) is 13.3. The molecule has 1 atom stereocenters. The molecule has 154 valence electrons. The van der Waals surface area contributed by atoms with Crippen molar-refractivity contribution in [1.29, 1.82) is 0 Å². The van der Waals surface area contributed by atoms with Crippen molar-refractivity contribution in [2.24, 2.45) is 5.41 Å². The fourth-order valence-corrected chi connectivity index (χ4v) is 3.02. The molecule has 0 spiro atoms. The van der Waals surface area contributed by atoms with Gasteiger partial charge >= 0.3 is 18.1 Å². The number of alkyl halides is 4. The Balaban J connectivity index is 4.74. The van der Waals surface area contributed by atoms with Gasteiger partial charge in [-0.2, -0.15) is 13.2 Å². The van der Waals surface area contributed by atoms with Crippen LogP contribution in [0.25, 0.3) is 0 Å². The third-order valence-corrected chi connectivity index (χ3v) is 5.06. The lowest BCUT2D eigenvalue weighted by Crippen LogP contribution is -2.45. The molecule has 0 aliphatic carbocycles. The number of esters is 2. The zero-order valence-corrected chi connectivity index (χ0v) is 17.4. The van der Waals surface area contributed by atoms with Gasteiger partial charge in [0.25, 0.3) is 0 Å². The first-order valence-electron chi connectivity index (χ1n) is 9.20. The third-order valence-electron chi connectivity index (χ3n) is 4.47. The summed E-state index contributed by atoms with van der Waals surface area (Å²) in [6.07, 6.45) is -0.922. The van der Waals surface area contributed by atoms with Crippen LogP contribution in [0, 0.1) is 5.41 Å². The molecule has 0 rings (SSSR count). The summed E-state index contributed by atoms with van der Waals surface area (Å²) in [6.45, 7) is 5.40. The van der Waals surface area contributed by atoms with E-state index in [2.05, 4.69) is 27.6 Å². The Kier molecular flexibility index (Phi) is 12.2. The summed E-state index contributed by atoms with van der Waals surface area (Å²) in [5.41, 5.74) is -1.70. The largest absolute Gasteiger partial charge is 0.465 e. The van der Waals surface area contributed by atoms with Crippen LogP contribution in [0.4, 0.5) is 13.2 Å². The molecule has 4 nitrogen and oxygen atoms in total. The molecule has 0 saturated heterocycles. The summed E-state index contributed by atoms with van der Waals surface area (Å²) in [4.78, 5) is 24.8. The highest BCUT2D eigenvalue weighted by Crippen LogP contribution is 2.33. The fourth-order valence-electron chi connectivity index (χ4n) is 2.52. The first-order valence-corrected chi connectivity index (χ1v) is 10.3. The van der Waals surface area contributed by atoms with Crippen molar-refractivity contribution >= 4 is 27.9 Å². The van der Waals surface area contributed by atoms with Gasteiger partial charge in [0.1, 0.15) is 0 Å². The SMILES string of the molecule is CCCCCCCCOC(=O)C(CC)(CC)C(=O)OC(CBr)C(F)(F)F. The van der Waals surface area contributed by atoms with Gasteiger partial charge in [-0.25, -0.2) is 0 Å². The van der Waals surface area contributed by atoms with E-state index < -0.39 is 35.0 Å². The summed E-state index contributed by atoms with van der Waals surface area (Å²) >= 11 is 2.69. The molecule has 1 unspecified atom stereocenters. The second kappa shape index (κ2) is 12.6. The van der Waals surface area contributed by atoms with E-state index in [0.29, 0.717) is 6.42 Å². The Morgan fingerprint density at radius 1 is 0.923 bits per heavy atom. The number of rotatable bonds is 13. The lowest BCUT2D eigenvalue weighted by atomic mass is 9.82. The van der Waals surface area contributed by atoms with Gasteiger partial charge in [0, 0.05) is 5.33 Å². The maximum atomic E-state index is 12.8. The molecule has 0 aliphatic heterocycles. The predicted molar refractivity (Wildman–Crippen MR) is 97.1 cm³/mol. The maximum Gasteiger partial charge on any atom is 0.426 e. The molecule has 26 heavy (non-hydrogen) atoms. The molecule has 0 aromatic heterocycles. The first kappa shape index (κ1) is 25.2. The Bertz CT molecular complexity index is 423. The lowest BCUT2D eigenvalue weighted by molar-refractivity contribution is -0.222. The van der Waals surface area contributed by atoms with Gasteiger partial charge in [-0.3, -0.25) is 9.59 Å². The highest BCUT2D eigenvalue weighted by molar-refractivity contribution is 9.09. The zero-order valence-electron chi connectivity index (χ0n) is 15.8. The van der Waals surface area contributed by atoms with Gasteiger partial charge in [-0.15, -0.1) is 0 Å². The molecule has 0 fully saturated rings. The number of hydrogen-bond donors (Lipinski definition) is 0. The van der Waals surface area contributed by atoms with E-state index in [1.54, 1.807) is 13.8 Å². The summed E-state index contributed by atoms with van der Waals surface area (Å²) in [7, 11) is 0. The first-order chi connectivity index (χ1) is 12.2. The van der Waals surface area contributed by atoms with E-state index in [1.165, 1.54) is 0 Å². The van der Waals surface area contributed by atoms with E-state index >= 15 is 0 Å². The molecule has 0 saturated carbocycles. The number of carbonyl (C=O) groups excluding carboxylic acids is 2. The summed E-state index contributed by atoms with van der Waals surface area (Å²) in [5, 5.41) is -0.585. The van der Waals surface area contributed by atoms with Gasteiger partial charge in [0.05, 0.1) is 6.61 Å². The molecule has 0 heterocycles. The van der Waals surface area contributed by atoms with E-state index in [9.17, 15) is 22.8 Å². The number of unbranched alkanes of at least 4 members (excludes halogenated alkanes) is 5. The van der Waals surface area contributed by atoms with Crippen LogP contribution in [0.1, 0.15) is 72.1 Å². The molecule has 0 amide bonds. The maximum absolute atomic E-state index is 12.8. The molecule has 0 aliphatic rings. The van der Waals surface area contributed by atoms with Gasteiger partial charge < -0.3 is 9.47 Å². The second-order valence-electron chi connectivity index (χ2n) is 6.28. The van der Waals surface area contributed by atoms with Crippen LogP contribution < -0.4 is 0 Å². The van der Waals surface area contributed by atoms with Crippen molar-refractivity contribution < 1.29 is 32.2 Å². The van der Waals surface area contributed by atoms with Crippen molar-refractivity contribution in [3.63, 3.8) is 0 Å². The van der Waals surface area contributed by atoms with Gasteiger partial charge in [-0.1, -0.05) is 68.8 Å². The standard InChI is InChI=1S/C18H30BrF3O4/c1-4-7-8-9-10-11-12-25-15(23)17(5-2,6-3)16(24)26-14(13-19)18(20,21)22/h14H,4-13H2,1-3H3. The van der Waals surface area contributed by atoms with E-state index in [4.69, 9.17) is 4.74 Å². The molecule has 0 bridgehead atoms. The lowest BCUT2D eigenvalue weighted by Gasteiger charge is -2.29. The fraction of sp³-hybridized carbons (Fsp3) is 0.889. The highest BCUT2D eigenvalue weighted by Gasteiger charge is 2.50. The molecular formula is C18H30BrF3O4. The molecule has 0 aromatic rings. The van der Waals surface area contributed by atoms with Crippen LogP contribution in [0.5, 0.6) is 0 Å². The quantitative estimate of drug-likeness (QED) is 0.160. The monoisotopic (exact) mass is 446 g/mol. The Morgan fingerprint density at radius 3 is 1.92 bits per heavy atom. The van der Waals surface area contributed by atoms with Gasteiger partial charge in [-0.05, 0) is 19.3 Å². The van der Waals surface area contributed by atoms with Crippen molar-refractivity contribution in [3.8, 4) is 0 Å². The Labute approximate surface area is 162 Å². The van der Waals surface area contributed by atoms with E-state index in [0.717, 1.165) is 32.1 Å². The van der Waals surface area contributed by atoms with Crippen molar-refractivity contribution in [1.82, 2.24) is 0 Å². The van der Waals surface area contributed by atoms with Crippen LogP contribution >= 0.6 is 15.9 Å². The third kappa shape index (κ3) is 7.84. The topological polar surface area (TPSA) is 52.6 Å². The summed E-state index contributed by atoms with van der Waals surface area (Å²) in [6, 6.07) is 0. The minimum Gasteiger partial charge on any atom is -0.465 e. The smallest absolute Gasteiger partial charge is 0.426 e. The summed E-state index contributed by atoms with van der Waals surface area (Å²) in [5.74, 6) is -1.99. The number of carbonyl (C=O) groups is 2. The van der Waals surface area contributed by atoms with Gasteiger partial charge in [0.2, 0.25) is 6.10 Å². The van der Waals surface area contributed by atoms with E-state index in [-0.39, 0.29) is 19.4 Å². The molecular weight excluding hydrogens is 417 g/mol. The zero-order chi connectivity index (χ0) is 20.2. The number of halogens is 4. The second-order valence-corrected chi connectivity index (χ2v) is 6.93. The van der Waals surface area contributed by atoms with Crippen molar-refractivity contribution in [2.75, 3.05) is 11.9 Å². The number of hydrogen-bond acceptors (Lipinski definition) is 4. The molecule has 8 heteroatoms. The van der Waals surface area contributed by atoms with Crippen molar-refractivity contribution in [3.05, 3.63) is 0 Å². The minimum absolute atomic E-state index is 0.0184. The minimum atomic E-state index is -4.70. The molecule has 0 N–H and O–H groups in total. The van der Waals surface area contributed by atoms with Crippen LogP contribution in [0.3, 0.4) is 0 Å². The molecule has 0 aromatic carbocycles. The average Bonchev–Trinajstić information content (AvgIpc) is 2.59. The summed E-state index contributed by atoms with van der Waals surface area (Å²) < 4.78 is 48.3. The van der Waals surface area contributed by atoms with Crippen LogP contribution in [0.2, 0.25) is 0 Å². The average molecular weight is 447 g/mol. The van der Waals surface area contributed by atoms with Crippen LogP contribution in [0.15, 0.2) is 0 Å². The number of ether oxygens (including phenoxy) is 2. The van der Waals surface area contributed by atoms with Crippen molar-refractivity contribution in [2.45, 2.75) is 84.4 Å². The Hall–Kier alpha value is -0.790. The van der Waals surface area contributed by atoms with Gasteiger partial charge in [0.15, 0.2) is 5.41 Å². The predicted octanol–water partition coefficient (Wildman–Crippen LogP) is 5.57. The van der Waals surface area contributed by atoms with Crippen LogP contribution in [-0.4, -0.2) is 36.2 Å². The van der Waals surface area contributed by atoms with E-state index in [1.807, 2.05) is 0 Å².